The zero-order valence-electron chi connectivity index (χ0n) is 24.4. The van der Waals surface area contributed by atoms with Crippen molar-refractivity contribution in [1.29, 1.82) is 0 Å². The number of aryl methyl sites for hydroxylation is 1. The highest BCUT2D eigenvalue weighted by atomic mass is 32.2. The minimum Gasteiger partial charge on any atom is -0.480 e. The molecule has 1 saturated carbocycles. The van der Waals surface area contributed by atoms with Crippen LogP contribution < -0.4 is 5.32 Å². The molecule has 0 radical (unpaired) electrons. The number of amides is 1. The summed E-state index contributed by atoms with van der Waals surface area (Å²) < 4.78 is 0. The van der Waals surface area contributed by atoms with Crippen molar-refractivity contribution in [2.75, 3.05) is 24.0 Å². The molecule has 5 nitrogen and oxygen atoms in total. The number of hydrogen-bond acceptors (Lipinski definition) is 5. The lowest BCUT2D eigenvalue weighted by Crippen LogP contribution is -2.41. The maximum absolute atomic E-state index is 13.5. The first-order valence-electron chi connectivity index (χ1n) is 14.9. The van der Waals surface area contributed by atoms with E-state index in [1.807, 2.05) is 36.2 Å². The van der Waals surface area contributed by atoms with Gasteiger partial charge in [-0.05, 0) is 91.2 Å². The topological polar surface area (TPSA) is 69.6 Å². The molecule has 2 aliphatic rings. The van der Waals surface area contributed by atoms with Crippen LogP contribution in [0.2, 0.25) is 0 Å². The highest BCUT2D eigenvalue weighted by molar-refractivity contribution is 7.98. The molecule has 40 heavy (non-hydrogen) atoms. The number of nitrogens with zero attached hydrogens (tertiary/aromatic N) is 1. The van der Waals surface area contributed by atoms with E-state index in [1.165, 1.54) is 56.9 Å². The molecule has 0 unspecified atom stereocenters. The molecule has 1 aliphatic carbocycles. The fourth-order valence-corrected chi connectivity index (χ4v) is 7.84. The summed E-state index contributed by atoms with van der Waals surface area (Å²) in [5, 5.41) is 12.5. The van der Waals surface area contributed by atoms with E-state index >= 15 is 0 Å². The molecular formula is C33H46N2O3S2. The van der Waals surface area contributed by atoms with Gasteiger partial charge in [-0.15, -0.1) is 0 Å². The summed E-state index contributed by atoms with van der Waals surface area (Å²) in [4.78, 5) is 28.1. The monoisotopic (exact) mass is 582 g/mol. The van der Waals surface area contributed by atoms with Crippen molar-refractivity contribution in [1.82, 2.24) is 10.2 Å². The van der Waals surface area contributed by atoms with Crippen LogP contribution in [0.5, 0.6) is 0 Å². The lowest BCUT2D eigenvalue weighted by molar-refractivity contribution is -0.139. The first kappa shape index (κ1) is 31.0. The van der Waals surface area contributed by atoms with Crippen molar-refractivity contribution in [3.8, 4) is 11.1 Å². The number of benzene rings is 2. The molecule has 2 fully saturated rings. The Morgan fingerprint density at radius 3 is 2.42 bits per heavy atom. The Morgan fingerprint density at radius 1 is 0.975 bits per heavy atom. The first-order valence-corrected chi connectivity index (χ1v) is 17.7. The Hall–Kier alpha value is -1.96. The zero-order chi connectivity index (χ0) is 28.5. The van der Waals surface area contributed by atoms with Crippen molar-refractivity contribution < 1.29 is 14.7 Å². The number of carboxylic acid groups (broad SMARTS) is 1. The van der Waals surface area contributed by atoms with Crippen LogP contribution >= 0.6 is 23.5 Å². The Bertz CT molecular complexity index is 1130. The van der Waals surface area contributed by atoms with E-state index in [1.54, 1.807) is 11.8 Å². The van der Waals surface area contributed by atoms with Crippen molar-refractivity contribution >= 4 is 35.4 Å². The molecule has 1 aliphatic heterocycles. The van der Waals surface area contributed by atoms with E-state index in [0.29, 0.717) is 29.8 Å². The summed E-state index contributed by atoms with van der Waals surface area (Å²) in [5.74, 6) is 1.37. The number of nitrogens with one attached hydrogen (secondary N) is 1. The average Bonchev–Trinajstić information content (AvgIpc) is 3.32. The van der Waals surface area contributed by atoms with Gasteiger partial charge in [0, 0.05) is 29.9 Å². The van der Waals surface area contributed by atoms with E-state index in [9.17, 15) is 14.7 Å². The summed E-state index contributed by atoms with van der Waals surface area (Å²) in [6.45, 7) is 2.95. The van der Waals surface area contributed by atoms with Gasteiger partial charge in [0.1, 0.15) is 6.04 Å². The quantitative estimate of drug-likeness (QED) is 0.259. The standard InChI is InChI=1S/C33H46N2O3S2/c1-23-9-7-8-12-28(23)30-20-25(13-16-29(30)32(36)34-31(33(37)38)17-18-39-2)21-35-26(14-15-27(35)22-40-3)19-24-10-5-4-6-11-24/h7-9,12-13,16,20,24,26-27,31H,4-6,10-11,14-15,17-19,21-22H2,1-3H3,(H,34,36)(H,37,38)/t26-,27+,31-/m0/s1. The highest BCUT2D eigenvalue weighted by Crippen LogP contribution is 2.37. The summed E-state index contributed by atoms with van der Waals surface area (Å²) in [6.07, 6.45) is 15.3. The zero-order valence-corrected chi connectivity index (χ0v) is 26.0. The maximum Gasteiger partial charge on any atom is 0.326 e. The number of carboxylic acids is 1. The van der Waals surface area contributed by atoms with Gasteiger partial charge >= 0.3 is 5.97 Å². The molecule has 0 bridgehead atoms. The summed E-state index contributed by atoms with van der Waals surface area (Å²) in [6, 6.07) is 14.6. The molecule has 2 N–H and O–H groups in total. The molecule has 3 atom stereocenters. The second-order valence-electron chi connectivity index (χ2n) is 11.6. The smallest absolute Gasteiger partial charge is 0.326 e. The third-order valence-electron chi connectivity index (χ3n) is 8.80. The fourth-order valence-electron chi connectivity index (χ4n) is 6.63. The lowest BCUT2D eigenvalue weighted by Gasteiger charge is -2.33. The van der Waals surface area contributed by atoms with Gasteiger partial charge in [0.15, 0.2) is 0 Å². The molecule has 0 aromatic heterocycles. The van der Waals surface area contributed by atoms with E-state index in [2.05, 4.69) is 47.7 Å². The lowest BCUT2D eigenvalue weighted by atomic mass is 9.84. The van der Waals surface area contributed by atoms with Gasteiger partial charge in [-0.1, -0.05) is 62.4 Å². The maximum atomic E-state index is 13.5. The number of carbonyl (C=O) groups is 2. The van der Waals surface area contributed by atoms with Crippen LogP contribution in [-0.2, 0) is 11.3 Å². The van der Waals surface area contributed by atoms with E-state index in [0.717, 1.165) is 34.9 Å². The summed E-state index contributed by atoms with van der Waals surface area (Å²) in [5.41, 5.74) is 4.75. The van der Waals surface area contributed by atoms with Crippen LogP contribution in [0.4, 0.5) is 0 Å². The number of likely N-dealkylation sites (tertiary alicyclic amines) is 1. The normalized spacial score (nSPS) is 20.9. The predicted molar refractivity (Wildman–Crippen MR) is 170 cm³/mol. The minimum atomic E-state index is -0.991. The largest absolute Gasteiger partial charge is 0.480 e. The Kier molecular flexibility index (Phi) is 11.9. The van der Waals surface area contributed by atoms with E-state index in [-0.39, 0.29) is 5.91 Å². The molecule has 4 rings (SSSR count). The second-order valence-corrected chi connectivity index (χ2v) is 13.5. The summed E-state index contributed by atoms with van der Waals surface area (Å²) >= 11 is 3.52. The van der Waals surface area contributed by atoms with Gasteiger partial charge in [-0.3, -0.25) is 9.69 Å². The average molecular weight is 583 g/mol. The molecule has 1 amide bonds. The van der Waals surface area contributed by atoms with Gasteiger partial charge in [0.25, 0.3) is 5.91 Å². The highest BCUT2D eigenvalue weighted by Gasteiger charge is 2.35. The van der Waals surface area contributed by atoms with Crippen molar-refractivity contribution in [2.24, 2.45) is 5.92 Å². The third kappa shape index (κ3) is 8.07. The summed E-state index contributed by atoms with van der Waals surface area (Å²) in [7, 11) is 0. The van der Waals surface area contributed by atoms with Gasteiger partial charge in [0.05, 0.1) is 0 Å². The van der Waals surface area contributed by atoms with Crippen molar-refractivity contribution in [3.63, 3.8) is 0 Å². The third-order valence-corrected chi connectivity index (χ3v) is 10.2. The first-order chi connectivity index (χ1) is 19.4. The van der Waals surface area contributed by atoms with Gasteiger partial charge in [-0.2, -0.15) is 23.5 Å². The Balaban J connectivity index is 1.62. The van der Waals surface area contributed by atoms with Crippen LogP contribution in [0, 0.1) is 12.8 Å². The number of carbonyl (C=O) groups excluding carboxylic acids is 1. The second kappa shape index (κ2) is 15.3. The number of aliphatic carboxylic acids is 1. The van der Waals surface area contributed by atoms with E-state index in [4.69, 9.17) is 0 Å². The molecule has 1 saturated heterocycles. The van der Waals surface area contributed by atoms with Crippen LogP contribution in [0.3, 0.4) is 0 Å². The molecule has 0 spiro atoms. The predicted octanol–water partition coefficient (Wildman–Crippen LogP) is 7.26. The number of rotatable bonds is 13. The van der Waals surface area contributed by atoms with Gasteiger partial charge in [-0.25, -0.2) is 4.79 Å². The Morgan fingerprint density at radius 2 is 1.73 bits per heavy atom. The van der Waals surface area contributed by atoms with Crippen molar-refractivity contribution in [3.05, 3.63) is 59.2 Å². The Labute approximate surface area is 249 Å². The van der Waals surface area contributed by atoms with Crippen LogP contribution in [0.1, 0.15) is 79.3 Å². The van der Waals surface area contributed by atoms with E-state index < -0.39 is 12.0 Å². The molecular weight excluding hydrogens is 537 g/mol. The van der Waals surface area contributed by atoms with Crippen LogP contribution in [-0.4, -0.2) is 64.0 Å². The van der Waals surface area contributed by atoms with Crippen LogP contribution in [0.15, 0.2) is 42.5 Å². The molecule has 7 heteroatoms. The molecule has 218 valence electrons. The number of thioether (sulfide) groups is 2. The van der Waals surface area contributed by atoms with Crippen molar-refractivity contribution in [2.45, 2.75) is 89.4 Å². The minimum absolute atomic E-state index is 0.324. The molecule has 1 heterocycles. The fraction of sp³-hybridized carbons (Fsp3) is 0.576. The van der Waals surface area contributed by atoms with Gasteiger partial charge < -0.3 is 10.4 Å². The number of hydrogen-bond donors (Lipinski definition) is 2. The molecule has 2 aromatic rings. The van der Waals surface area contributed by atoms with Crippen LogP contribution in [0.25, 0.3) is 11.1 Å². The SMILES string of the molecule is CSCC[C@H](NC(=O)c1ccc(CN2[C@@H](CSC)CC[C@H]2CC2CCCCC2)cc1-c1ccccc1C)C(=O)O. The molecule has 2 aromatic carbocycles. The van der Waals surface area contributed by atoms with Gasteiger partial charge in [0.2, 0.25) is 0 Å².